The molecule has 1 aromatic rings. The van der Waals surface area contributed by atoms with E-state index in [0.717, 1.165) is 12.8 Å². The number of carboxylic acids is 1. The maximum Gasteiger partial charge on any atom is 0.335 e. The Morgan fingerprint density at radius 1 is 1.35 bits per heavy atom. The number of aryl methyl sites for hydroxylation is 1. The largest absolute Gasteiger partial charge is 0.478 e. The van der Waals surface area contributed by atoms with Crippen LogP contribution in [0.3, 0.4) is 0 Å². The molecule has 2 N–H and O–H groups in total. The molecule has 0 atom stereocenters. The summed E-state index contributed by atoms with van der Waals surface area (Å²) in [5, 5.41) is 11.6. The molecule has 4 heteroatoms. The van der Waals surface area contributed by atoms with E-state index in [4.69, 9.17) is 5.11 Å². The minimum absolute atomic E-state index is 0.145. The summed E-state index contributed by atoms with van der Waals surface area (Å²) in [7, 11) is 0. The summed E-state index contributed by atoms with van der Waals surface area (Å²) in [6, 6.07) is 4.52. The summed E-state index contributed by atoms with van der Waals surface area (Å²) >= 11 is 0. The van der Waals surface area contributed by atoms with Crippen molar-refractivity contribution in [2.45, 2.75) is 26.7 Å². The van der Waals surface area contributed by atoms with Crippen LogP contribution < -0.4 is 5.32 Å². The Morgan fingerprint density at radius 2 is 2.06 bits per heavy atom. The number of benzene rings is 1. The van der Waals surface area contributed by atoms with Crippen LogP contribution in [-0.4, -0.2) is 23.5 Å². The van der Waals surface area contributed by atoms with Crippen molar-refractivity contribution in [2.75, 3.05) is 6.54 Å². The summed E-state index contributed by atoms with van der Waals surface area (Å²) in [6.07, 6.45) is 1.97. The highest BCUT2D eigenvalue weighted by Crippen LogP contribution is 2.11. The van der Waals surface area contributed by atoms with Crippen molar-refractivity contribution < 1.29 is 14.7 Å². The third-order valence-electron chi connectivity index (χ3n) is 2.53. The highest BCUT2D eigenvalue weighted by molar-refractivity contribution is 5.97. The fourth-order valence-electron chi connectivity index (χ4n) is 1.53. The summed E-state index contributed by atoms with van der Waals surface area (Å²) < 4.78 is 0. The van der Waals surface area contributed by atoms with E-state index >= 15 is 0 Å². The van der Waals surface area contributed by atoms with E-state index in [1.807, 2.05) is 0 Å². The van der Waals surface area contributed by atoms with Crippen LogP contribution in [0.5, 0.6) is 0 Å². The van der Waals surface area contributed by atoms with Crippen molar-refractivity contribution in [3.05, 3.63) is 34.9 Å². The highest BCUT2D eigenvalue weighted by Gasteiger charge is 2.10. The van der Waals surface area contributed by atoms with Gasteiger partial charge in [-0.1, -0.05) is 13.3 Å². The standard InChI is InChI=1S/C13H17NO3/c1-3-4-7-14-12(15)11-6-5-10(13(16)17)8-9(11)2/h5-6,8H,3-4,7H2,1-2H3,(H,14,15)(H,16,17). The number of hydrogen-bond acceptors (Lipinski definition) is 2. The average molecular weight is 235 g/mol. The number of aromatic carboxylic acids is 1. The number of carboxylic acid groups (broad SMARTS) is 1. The molecule has 0 saturated heterocycles. The topological polar surface area (TPSA) is 66.4 Å². The van der Waals surface area contributed by atoms with Gasteiger partial charge in [-0.3, -0.25) is 4.79 Å². The summed E-state index contributed by atoms with van der Waals surface area (Å²) in [4.78, 5) is 22.5. The van der Waals surface area contributed by atoms with Crippen LogP contribution in [0.15, 0.2) is 18.2 Å². The minimum atomic E-state index is -0.981. The van der Waals surface area contributed by atoms with Gasteiger partial charge in [0.05, 0.1) is 5.56 Å². The second-order valence-corrected chi connectivity index (χ2v) is 3.94. The Kier molecular flexibility index (Phi) is 4.69. The molecule has 0 bridgehead atoms. The Hall–Kier alpha value is -1.84. The number of carbonyl (C=O) groups is 2. The lowest BCUT2D eigenvalue weighted by molar-refractivity contribution is 0.0696. The molecule has 0 aromatic heterocycles. The highest BCUT2D eigenvalue weighted by atomic mass is 16.4. The van der Waals surface area contributed by atoms with Crippen molar-refractivity contribution in [1.82, 2.24) is 5.32 Å². The van der Waals surface area contributed by atoms with Crippen LogP contribution in [0.2, 0.25) is 0 Å². The molecule has 92 valence electrons. The molecule has 0 heterocycles. The maximum atomic E-state index is 11.8. The second-order valence-electron chi connectivity index (χ2n) is 3.94. The molecular formula is C13H17NO3. The lowest BCUT2D eigenvalue weighted by Crippen LogP contribution is -2.25. The van der Waals surface area contributed by atoms with E-state index in [2.05, 4.69) is 12.2 Å². The van der Waals surface area contributed by atoms with Crippen molar-refractivity contribution in [3.63, 3.8) is 0 Å². The molecule has 0 radical (unpaired) electrons. The van der Waals surface area contributed by atoms with Crippen LogP contribution in [0.4, 0.5) is 0 Å². The fraction of sp³-hybridized carbons (Fsp3) is 0.385. The van der Waals surface area contributed by atoms with E-state index in [9.17, 15) is 9.59 Å². The molecule has 0 spiro atoms. The molecule has 1 aromatic carbocycles. The fourth-order valence-corrected chi connectivity index (χ4v) is 1.53. The maximum absolute atomic E-state index is 11.8. The van der Waals surface area contributed by atoms with E-state index in [0.29, 0.717) is 17.7 Å². The first-order valence-corrected chi connectivity index (χ1v) is 5.68. The summed E-state index contributed by atoms with van der Waals surface area (Å²) in [5.74, 6) is -1.13. The average Bonchev–Trinajstić information content (AvgIpc) is 2.28. The van der Waals surface area contributed by atoms with Gasteiger partial charge in [0.2, 0.25) is 0 Å². The number of nitrogens with one attached hydrogen (secondary N) is 1. The van der Waals surface area contributed by atoms with Crippen molar-refractivity contribution in [2.24, 2.45) is 0 Å². The smallest absolute Gasteiger partial charge is 0.335 e. The minimum Gasteiger partial charge on any atom is -0.478 e. The SMILES string of the molecule is CCCCNC(=O)c1ccc(C(=O)O)cc1C. The van der Waals surface area contributed by atoms with E-state index in [1.54, 1.807) is 13.0 Å². The van der Waals surface area contributed by atoms with Crippen molar-refractivity contribution >= 4 is 11.9 Å². The molecule has 0 fully saturated rings. The van der Waals surface area contributed by atoms with Crippen LogP contribution in [0.1, 0.15) is 46.0 Å². The number of carbonyl (C=O) groups excluding carboxylic acids is 1. The first kappa shape index (κ1) is 13.2. The van der Waals surface area contributed by atoms with E-state index in [1.165, 1.54) is 12.1 Å². The Balaban J connectivity index is 2.78. The normalized spacial score (nSPS) is 10.0. The predicted molar refractivity (Wildman–Crippen MR) is 65.4 cm³/mol. The quantitative estimate of drug-likeness (QED) is 0.769. The van der Waals surface area contributed by atoms with E-state index in [-0.39, 0.29) is 11.5 Å². The second kappa shape index (κ2) is 6.03. The van der Waals surface area contributed by atoms with Gasteiger partial charge < -0.3 is 10.4 Å². The van der Waals surface area contributed by atoms with Crippen LogP contribution in [-0.2, 0) is 0 Å². The van der Waals surface area contributed by atoms with Gasteiger partial charge in [0.25, 0.3) is 5.91 Å². The molecular weight excluding hydrogens is 218 g/mol. The molecule has 0 aliphatic rings. The summed E-state index contributed by atoms with van der Waals surface area (Å²) in [6.45, 7) is 4.44. The molecule has 1 rings (SSSR count). The zero-order valence-electron chi connectivity index (χ0n) is 10.1. The van der Waals surface area contributed by atoms with Gasteiger partial charge in [-0.25, -0.2) is 4.79 Å². The summed E-state index contributed by atoms with van der Waals surface area (Å²) in [5.41, 5.74) is 1.41. The number of unbranched alkanes of at least 4 members (excludes halogenated alkanes) is 1. The molecule has 1 amide bonds. The van der Waals surface area contributed by atoms with Gasteiger partial charge in [-0.15, -0.1) is 0 Å². The van der Waals surface area contributed by atoms with E-state index < -0.39 is 5.97 Å². The zero-order valence-corrected chi connectivity index (χ0v) is 10.1. The third-order valence-corrected chi connectivity index (χ3v) is 2.53. The van der Waals surface area contributed by atoms with Crippen molar-refractivity contribution in [1.29, 1.82) is 0 Å². The third kappa shape index (κ3) is 3.59. The molecule has 17 heavy (non-hydrogen) atoms. The number of amides is 1. The van der Waals surface area contributed by atoms with Crippen LogP contribution >= 0.6 is 0 Å². The molecule has 4 nitrogen and oxygen atoms in total. The van der Waals surface area contributed by atoms with Crippen molar-refractivity contribution in [3.8, 4) is 0 Å². The van der Waals surface area contributed by atoms with Gasteiger partial charge >= 0.3 is 5.97 Å². The monoisotopic (exact) mass is 235 g/mol. The van der Waals surface area contributed by atoms with Crippen LogP contribution in [0.25, 0.3) is 0 Å². The number of rotatable bonds is 5. The lowest BCUT2D eigenvalue weighted by Gasteiger charge is -2.07. The van der Waals surface area contributed by atoms with Gasteiger partial charge in [0.1, 0.15) is 0 Å². The first-order chi connectivity index (χ1) is 8.06. The predicted octanol–water partition coefficient (Wildman–Crippen LogP) is 2.22. The van der Waals surface area contributed by atoms with Crippen LogP contribution in [0, 0.1) is 6.92 Å². The number of hydrogen-bond donors (Lipinski definition) is 2. The first-order valence-electron chi connectivity index (χ1n) is 5.68. The molecule has 0 aliphatic carbocycles. The Bertz CT molecular complexity index is 427. The zero-order chi connectivity index (χ0) is 12.8. The Morgan fingerprint density at radius 3 is 2.59 bits per heavy atom. The van der Waals surface area contributed by atoms with Gasteiger partial charge in [-0.05, 0) is 37.1 Å². The molecule has 0 unspecified atom stereocenters. The molecule has 0 saturated carbocycles. The Labute approximate surface area is 101 Å². The van der Waals surface area contributed by atoms with Gasteiger partial charge in [0, 0.05) is 12.1 Å². The van der Waals surface area contributed by atoms with Gasteiger partial charge in [-0.2, -0.15) is 0 Å². The lowest BCUT2D eigenvalue weighted by atomic mass is 10.0. The van der Waals surface area contributed by atoms with Gasteiger partial charge in [0.15, 0.2) is 0 Å². The molecule has 0 aliphatic heterocycles.